The van der Waals surface area contributed by atoms with Crippen LogP contribution < -0.4 is 5.32 Å². The number of alkyl halides is 3. The average Bonchev–Trinajstić information content (AvgIpc) is 2.86. The molecule has 1 aliphatic rings. The molecule has 0 spiro atoms. The molecule has 7 heteroatoms. The second-order valence-corrected chi connectivity index (χ2v) is 5.42. The number of rotatable bonds is 4. The van der Waals surface area contributed by atoms with Gasteiger partial charge in [-0.2, -0.15) is 13.2 Å². The van der Waals surface area contributed by atoms with Gasteiger partial charge in [-0.3, -0.25) is 9.59 Å². The van der Waals surface area contributed by atoms with E-state index in [4.69, 9.17) is 5.11 Å². The van der Waals surface area contributed by atoms with Crippen molar-refractivity contribution in [3.63, 3.8) is 0 Å². The molecule has 0 radical (unpaired) electrons. The lowest BCUT2D eigenvalue weighted by Crippen LogP contribution is -2.40. The van der Waals surface area contributed by atoms with Gasteiger partial charge in [0.2, 0.25) is 5.91 Å². The van der Waals surface area contributed by atoms with Crippen molar-refractivity contribution in [3.8, 4) is 0 Å². The van der Waals surface area contributed by atoms with Crippen molar-refractivity contribution in [1.29, 1.82) is 0 Å². The lowest BCUT2D eigenvalue weighted by molar-refractivity contribution is -0.142. The van der Waals surface area contributed by atoms with Crippen LogP contribution in [0.1, 0.15) is 30.4 Å². The topological polar surface area (TPSA) is 66.4 Å². The van der Waals surface area contributed by atoms with E-state index >= 15 is 0 Å². The van der Waals surface area contributed by atoms with Crippen molar-refractivity contribution >= 4 is 11.9 Å². The van der Waals surface area contributed by atoms with E-state index in [1.165, 1.54) is 12.1 Å². The molecular formula is C15H16F3NO3. The second-order valence-electron chi connectivity index (χ2n) is 5.42. The second kappa shape index (κ2) is 6.37. The van der Waals surface area contributed by atoms with Gasteiger partial charge in [-0.05, 0) is 30.5 Å². The molecule has 4 nitrogen and oxygen atoms in total. The Morgan fingerprint density at radius 3 is 2.36 bits per heavy atom. The first-order chi connectivity index (χ1) is 10.3. The van der Waals surface area contributed by atoms with E-state index in [0.717, 1.165) is 18.6 Å². The predicted octanol–water partition coefficient (Wildman–Crippen LogP) is 2.62. The molecule has 1 fully saturated rings. The Labute approximate surface area is 125 Å². The highest BCUT2D eigenvalue weighted by Gasteiger charge is 2.34. The third kappa shape index (κ3) is 3.99. The van der Waals surface area contributed by atoms with Crippen LogP contribution in [0.2, 0.25) is 0 Å². The van der Waals surface area contributed by atoms with Crippen LogP contribution in [0.25, 0.3) is 0 Å². The minimum absolute atomic E-state index is 0.0685. The first kappa shape index (κ1) is 16.3. The summed E-state index contributed by atoms with van der Waals surface area (Å²) in [5.74, 6) is -1.90. The smallest absolute Gasteiger partial charge is 0.416 e. The number of aliphatic carboxylic acids is 1. The van der Waals surface area contributed by atoms with Crippen LogP contribution in [0.4, 0.5) is 13.2 Å². The largest absolute Gasteiger partial charge is 0.481 e. The number of hydrogen-bond acceptors (Lipinski definition) is 2. The van der Waals surface area contributed by atoms with Crippen LogP contribution in [0.3, 0.4) is 0 Å². The maximum Gasteiger partial charge on any atom is 0.416 e. The summed E-state index contributed by atoms with van der Waals surface area (Å²) >= 11 is 0. The van der Waals surface area contributed by atoms with Gasteiger partial charge in [-0.25, -0.2) is 0 Å². The van der Waals surface area contributed by atoms with E-state index in [9.17, 15) is 22.8 Å². The number of amides is 1. The first-order valence-electron chi connectivity index (χ1n) is 6.95. The first-order valence-corrected chi connectivity index (χ1v) is 6.95. The highest BCUT2D eigenvalue weighted by Crippen LogP contribution is 2.29. The lowest BCUT2D eigenvalue weighted by atomic mass is 10.0. The molecule has 0 aliphatic heterocycles. The number of benzene rings is 1. The van der Waals surface area contributed by atoms with E-state index < -0.39 is 29.7 Å². The molecule has 0 bridgehead atoms. The van der Waals surface area contributed by atoms with Crippen LogP contribution >= 0.6 is 0 Å². The molecule has 2 N–H and O–H groups in total. The van der Waals surface area contributed by atoms with Crippen LogP contribution in [-0.2, 0) is 22.2 Å². The molecule has 0 unspecified atom stereocenters. The molecule has 0 aromatic heterocycles. The fraction of sp³-hybridized carbons (Fsp3) is 0.467. The molecule has 2 atom stereocenters. The third-order valence-electron chi connectivity index (χ3n) is 3.83. The summed E-state index contributed by atoms with van der Waals surface area (Å²) in [6, 6.07) is 3.97. The predicted molar refractivity (Wildman–Crippen MR) is 72.1 cm³/mol. The number of carbonyl (C=O) groups is 2. The maximum atomic E-state index is 12.4. The zero-order valence-electron chi connectivity index (χ0n) is 11.7. The van der Waals surface area contributed by atoms with Crippen LogP contribution in [0, 0.1) is 5.92 Å². The van der Waals surface area contributed by atoms with Crippen LogP contribution in [-0.4, -0.2) is 23.0 Å². The Morgan fingerprint density at radius 2 is 1.82 bits per heavy atom. The third-order valence-corrected chi connectivity index (χ3v) is 3.83. The highest BCUT2D eigenvalue weighted by atomic mass is 19.4. The minimum atomic E-state index is -4.40. The summed E-state index contributed by atoms with van der Waals surface area (Å²) in [6.45, 7) is 0. The molecule has 22 heavy (non-hydrogen) atoms. The van der Waals surface area contributed by atoms with Gasteiger partial charge in [0.25, 0.3) is 0 Å². The molecule has 1 aliphatic carbocycles. The Kier molecular flexibility index (Phi) is 4.73. The molecule has 1 saturated carbocycles. The van der Waals surface area contributed by atoms with E-state index in [0.29, 0.717) is 18.4 Å². The van der Waals surface area contributed by atoms with Crippen LogP contribution in [0.5, 0.6) is 0 Å². The van der Waals surface area contributed by atoms with Crippen molar-refractivity contribution in [2.45, 2.75) is 37.9 Å². The molecule has 1 amide bonds. The maximum absolute atomic E-state index is 12.4. The van der Waals surface area contributed by atoms with Crippen molar-refractivity contribution in [1.82, 2.24) is 5.32 Å². The molecule has 1 aromatic rings. The van der Waals surface area contributed by atoms with E-state index in [2.05, 4.69) is 5.32 Å². The Balaban J connectivity index is 1.93. The van der Waals surface area contributed by atoms with Gasteiger partial charge in [0.1, 0.15) is 0 Å². The van der Waals surface area contributed by atoms with Gasteiger partial charge in [0, 0.05) is 6.04 Å². The standard InChI is InChI=1S/C15H16F3NO3/c16-15(17,18)10-6-4-9(5-7-10)8-13(20)19-12-3-1-2-11(12)14(21)22/h4-7,11-12H,1-3,8H2,(H,19,20)(H,21,22)/t11-,12+/m1/s1. The normalized spacial score (nSPS) is 21.6. The summed E-state index contributed by atoms with van der Waals surface area (Å²) in [6.07, 6.45) is -2.60. The van der Waals surface area contributed by atoms with E-state index in [1.54, 1.807) is 0 Å². The van der Waals surface area contributed by atoms with Crippen molar-refractivity contribution in [2.24, 2.45) is 5.92 Å². The van der Waals surface area contributed by atoms with Gasteiger partial charge in [-0.1, -0.05) is 18.6 Å². The van der Waals surface area contributed by atoms with Gasteiger partial charge >= 0.3 is 12.1 Å². The molecule has 0 saturated heterocycles. The minimum Gasteiger partial charge on any atom is -0.481 e. The molecular weight excluding hydrogens is 299 g/mol. The van der Waals surface area contributed by atoms with Gasteiger partial charge in [0.05, 0.1) is 17.9 Å². The average molecular weight is 315 g/mol. The summed E-state index contributed by atoms with van der Waals surface area (Å²) in [5, 5.41) is 11.7. The Bertz CT molecular complexity index is 554. The number of carboxylic acids is 1. The number of carbonyl (C=O) groups excluding carboxylic acids is 1. The van der Waals surface area contributed by atoms with Gasteiger partial charge in [0.15, 0.2) is 0 Å². The van der Waals surface area contributed by atoms with Crippen molar-refractivity contribution < 1.29 is 27.9 Å². The monoisotopic (exact) mass is 315 g/mol. The highest BCUT2D eigenvalue weighted by molar-refractivity contribution is 5.80. The molecule has 0 heterocycles. The van der Waals surface area contributed by atoms with Crippen molar-refractivity contribution in [2.75, 3.05) is 0 Å². The molecule has 1 aromatic carbocycles. The Morgan fingerprint density at radius 1 is 1.18 bits per heavy atom. The van der Waals surface area contributed by atoms with Crippen LogP contribution in [0.15, 0.2) is 24.3 Å². The zero-order chi connectivity index (χ0) is 16.3. The SMILES string of the molecule is O=C(Cc1ccc(C(F)(F)F)cc1)N[C@H]1CCC[C@H]1C(=O)O. The van der Waals surface area contributed by atoms with Crippen molar-refractivity contribution in [3.05, 3.63) is 35.4 Å². The summed E-state index contributed by atoms with van der Waals surface area (Å²) < 4.78 is 37.3. The summed E-state index contributed by atoms with van der Waals surface area (Å²) in [4.78, 5) is 22.9. The fourth-order valence-corrected chi connectivity index (χ4v) is 2.68. The number of halogens is 3. The Hall–Kier alpha value is -2.05. The van der Waals surface area contributed by atoms with Gasteiger partial charge < -0.3 is 10.4 Å². The fourth-order valence-electron chi connectivity index (χ4n) is 2.68. The number of hydrogen-bond donors (Lipinski definition) is 2. The summed E-state index contributed by atoms with van der Waals surface area (Å²) in [5.41, 5.74) is -0.311. The van der Waals surface area contributed by atoms with Gasteiger partial charge in [-0.15, -0.1) is 0 Å². The number of carboxylic acid groups (broad SMARTS) is 1. The molecule has 120 valence electrons. The number of nitrogens with one attached hydrogen (secondary N) is 1. The quantitative estimate of drug-likeness (QED) is 0.897. The zero-order valence-corrected chi connectivity index (χ0v) is 11.7. The molecule has 2 rings (SSSR count). The van der Waals surface area contributed by atoms with E-state index in [1.807, 2.05) is 0 Å². The summed E-state index contributed by atoms with van der Waals surface area (Å²) in [7, 11) is 0. The van der Waals surface area contributed by atoms with E-state index in [-0.39, 0.29) is 12.3 Å². The lowest BCUT2D eigenvalue weighted by Gasteiger charge is -2.17.